The van der Waals surface area contributed by atoms with Crippen molar-refractivity contribution in [3.8, 4) is 0 Å². The summed E-state index contributed by atoms with van der Waals surface area (Å²) in [5, 5.41) is 50.8. The lowest BCUT2D eigenvalue weighted by Crippen LogP contribution is -2.46. The van der Waals surface area contributed by atoms with E-state index < -0.39 is 44.8 Å². The van der Waals surface area contributed by atoms with Gasteiger partial charge in [0.15, 0.2) is 6.29 Å². The minimum Gasteiger partial charge on any atom is -0.481 e. The van der Waals surface area contributed by atoms with Crippen LogP contribution in [0.2, 0.25) is 0 Å². The summed E-state index contributed by atoms with van der Waals surface area (Å²) in [5.41, 5.74) is 0. The quantitative estimate of drug-likeness (QED) is 0.0580. The number of thioether (sulfide) groups is 1. The van der Waals surface area contributed by atoms with Crippen molar-refractivity contribution in [2.24, 2.45) is 0 Å². The topological polar surface area (TPSA) is 243 Å². The summed E-state index contributed by atoms with van der Waals surface area (Å²) in [4.78, 5) is 48.0. The molecule has 2 saturated heterocycles. The molecule has 9 N–H and O–H groups in total. The molecule has 0 spiro atoms. The highest BCUT2D eigenvalue weighted by Gasteiger charge is 2.42. The molecule has 0 aromatic rings. The van der Waals surface area contributed by atoms with Crippen LogP contribution >= 0.6 is 19.6 Å². The van der Waals surface area contributed by atoms with Crippen LogP contribution in [0, 0.1) is 0 Å². The van der Waals surface area contributed by atoms with Gasteiger partial charge in [0.05, 0.1) is 18.7 Å². The normalized spacial score (nSPS) is 25.9. The van der Waals surface area contributed by atoms with E-state index in [1.807, 2.05) is 11.8 Å². The molecule has 0 radical (unpaired) electrons. The average Bonchev–Trinajstić information content (AvgIpc) is 3.26. The van der Waals surface area contributed by atoms with E-state index in [0.717, 1.165) is 25.0 Å². The summed E-state index contributed by atoms with van der Waals surface area (Å²) in [7, 11) is -4.80. The Balaban J connectivity index is 0.000000320. The van der Waals surface area contributed by atoms with Gasteiger partial charge in [-0.25, -0.2) is 9.36 Å². The maximum absolute atomic E-state index is 11.1. The van der Waals surface area contributed by atoms with Crippen molar-refractivity contribution in [2.75, 3.05) is 12.4 Å². The summed E-state index contributed by atoms with van der Waals surface area (Å²) < 4.78 is 14.1. The zero-order valence-corrected chi connectivity index (χ0v) is 18.6. The Kier molecular flexibility index (Phi) is 12.1. The highest BCUT2D eigenvalue weighted by Crippen LogP contribution is 2.36. The maximum atomic E-state index is 11.1. The number of carbonyl (C=O) groups excluding carboxylic acids is 2. The molecule has 2 aliphatic heterocycles. The summed E-state index contributed by atoms with van der Waals surface area (Å²) in [6.45, 7) is -0.964. The number of hydrogen-bond acceptors (Lipinski definition) is 10. The van der Waals surface area contributed by atoms with Gasteiger partial charge in [0.25, 0.3) is 0 Å². The van der Waals surface area contributed by atoms with E-state index in [0.29, 0.717) is 5.25 Å². The first-order chi connectivity index (χ1) is 14.9. The molecule has 32 heavy (non-hydrogen) atoms. The molecule has 186 valence electrons. The lowest BCUT2D eigenvalue weighted by Gasteiger charge is -2.23. The molecule has 2 amide bonds. The van der Waals surface area contributed by atoms with Crippen molar-refractivity contribution in [1.82, 2.24) is 10.6 Å². The second-order valence-corrected chi connectivity index (χ2v) is 9.73. The van der Waals surface area contributed by atoms with Gasteiger partial charge in [-0.3, -0.25) is 9.32 Å². The van der Waals surface area contributed by atoms with Gasteiger partial charge in [-0.15, -0.1) is 0 Å². The number of urea groups is 1. The van der Waals surface area contributed by atoms with E-state index in [9.17, 15) is 18.9 Å². The predicted molar refractivity (Wildman–Crippen MR) is 110 cm³/mol. The number of hydrogen-bond donors (Lipinski definition) is 9. The number of rotatable bonds is 12. The number of fused-ring (bicyclic) bond motifs is 1. The Morgan fingerprint density at radius 1 is 1.19 bits per heavy atom. The van der Waals surface area contributed by atoms with Crippen LogP contribution in [0.1, 0.15) is 25.7 Å². The standard InChI is InChI=1S/C10H16N2O3S.C6H13O9P/c13-8(14)4-2-1-3-7-9-6(5-16-7)11-10(15)12-9;7-1-3(8)5(10)6(11)4(9)2-15-16(12,13)14/h6-7,9H,1-5H2,(H,13,14)(H2,11,12,15);1,3-6,8-11H,2H2,(H2,12,13,14)/t6-,7-,9-;3-,4+,5+,6+/m00/s1. The van der Waals surface area contributed by atoms with Crippen molar-refractivity contribution in [2.45, 2.75) is 67.4 Å². The van der Waals surface area contributed by atoms with E-state index in [-0.39, 0.29) is 30.8 Å². The highest BCUT2D eigenvalue weighted by atomic mass is 32.2. The molecule has 0 aliphatic carbocycles. The third kappa shape index (κ3) is 10.1. The van der Waals surface area contributed by atoms with Crippen LogP contribution in [0.4, 0.5) is 4.79 Å². The van der Waals surface area contributed by atoms with Gasteiger partial charge in [-0.05, 0) is 12.8 Å². The van der Waals surface area contributed by atoms with E-state index in [2.05, 4.69) is 15.2 Å². The lowest BCUT2D eigenvalue weighted by molar-refractivity contribution is -0.137. The van der Waals surface area contributed by atoms with Crippen LogP contribution in [-0.2, 0) is 18.7 Å². The molecule has 0 aromatic heterocycles. The zero-order chi connectivity index (χ0) is 24.5. The largest absolute Gasteiger partial charge is 0.481 e. The number of aliphatic carboxylic acids is 1. The summed E-state index contributed by atoms with van der Waals surface area (Å²) in [6.07, 6.45) is -4.92. The molecule has 14 nitrogen and oxygen atoms in total. The van der Waals surface area contributed by atoms with Crippen LogP contribution < -0.4 is 10.6 Å². The second kappa shape index (κ2) is 13.4. The van der Waals surface area contributed by atoms with E-state index >= 15 is 0 Å². The number of carboxylic acids is 1. The first kappa shape index (κ1) is 28.7. The number of carbonyl (C=O) groups is 3. The fourth-order valence-corrected chi connectivity index (χ4v) is 4.94. The van der Waals surface area contributed by atoms with E-state index in [1.54, 1.807) is 0 Å². The maximum Gasteiger partial charge on any atom is 0.469 e. The number of carboxylic acid groups (broad SMARTS) is 1. The van der Waals surface area contributed by atoms with Crippen molar-refractivity contribution in [3.05, 3.63) is 0 Å². The third-order valence-corrected chi connectivity index (χ3v) is 6.71. The molecular weight excluding hydrogens is 475 g/mol. The van der Waals surface area contributed by atoms with Crippen molar-refractivity contribution < 1.29 is 58.8 Å². The number of phosphoric ester groups is 1. The Morgan fingerprint density at radius 3 is 2.41 bits per heavy atom. The first-order valence-corrected chi connectivity index (χ1v) is 12.2. The molecule has 2 rings (SSSR count). The van der Waals surface area contributed by atoms with Gasteiger partial charge in [-0.1, -0.05) is 6.42 Å². The van der Waals surface area contributed by atoms with Crippen LogP contribution in [-0.4, -0.2) is 108 Å². The van der Waals surface area contributed by atoms with Gasteiger partial charge in [0, 0.05) is 17.4 Å². The number of amides is 2. The first-order valence-electron chi connectivity index (χ1n) is 9.63. The summed E-state index contributed by atoms with van der Waals surface area (Å²) in [6, 6.07) is 0.440. The second-order valence-electron chi connectivity index (χ2n) is 7.22. The van der Waals surface area contributed by atoms with E-state index in [1.165, 1.54) is 0 Å². The van der Waals surface area contributed by atoms with Gasteiger partial charge >= 0.3 is 19.8 Å². The fourth-order valence-electron chi connectivity index (χ4n) is 3.05. The summed E-state index contributed by atoms with van der Waals surface area (Å²) >= 11 is 1.87. The Bertz CT molecular complexity index is 679. The van der Waals surface area contributed by atoms with Crippen molar-refractivity contribution in [1.29, 1.82) is 0 Å². The van der Waals surface area contributed by atoms with Gasteiger partial charge in [0.1, 0.15) is 24.4 Å². The number of aldehydes is 1. The number of aliphatic hydroxyl groups is 4. The average molecular weight is 504 g/mol. The molecule has 7 atom stereocenters. The van der Waals surface area contributed by atoms with Crippen LogP contribution in [0.25, 0.3) is 0 Å². The molecule has 0 unspecified atom stereocenters. The van der Waals surface area contributed by atoms with Crippen LogP contribution in [0.5, 0.6) is 0 Å². The Labute approximate surface area is 187 Å². The number of unbranched alkanes of at least 4 members (excludes halogenated alkanes) is 1. The minimum atomic E-state index is -4.80. The predicted octanol–water partition coefficient (Wildman–Crippen LogP) is -2.46. The molecule has 0 bridgehead atoms. The van der Waals surface area contributed by atoms with Gasteiger partial charge < -0.3 is 50.7 Å². The minimum absolute atomic E-state index is 0.0640. The van der Waals surface area contributed by atoms with Crippen LogP contribution in [0.3, 0.4) is 0 Å². The molecular formula is C16H29N2O12PS. The zero-order valence-electron chi connectivity index (χ0n) is 16.9. The molecule has 0 saturated carbocycles. The molecule has 2 fully saturated rings. The van der Waals surface area contributed by atoms with Crippen molar-refractivity contribution in [3.63, 3.8) is 0 Å². The Hall–Kier alpha value is -1.29. The number of aliphatic hydroxyl groups excluding tert-OH is 4. The lowest BCUT2D eigenvalue weighted by atomic mass is 10.0. The third-order valence-electron chi connectivity index (χ3n) is 4.71. The number of nitrogens with one attached hydrogen (secondary N) is 2. The molecule has 16 heteroatoms. The monoisotopic (exact) mass is 504 g/mol. The Morgan fingerprint density at radius 2 is 1.84 bits per heavy atom. The van der Waals surface area contributed by atoms with Gasteiger partial charge in [0.2, 0.25) is 0 Å². The number of phosphoric acid groups is 1. The summed E-state index contributed by atoms with van der Waals surface area (Å²) in [5.74, 6) is 0.236. The highest BCUT2D eigenvalue weighted by molar-refractivity contribution is 8.00. The molecule has 2 heterocycles. The fraction of sp³-hybridized carbons (Fsp3) is 0.812. The SMILES string of the molecule is O=C(O)CCCC[C@@H]1SC[C@@H]2NC(=O)N[C@@H]21.O=C[C@H](O)[C@@H](O)[C@H](O)[C@H](O)COP(=O)(O)O. The molecule has 2 aliphatic rings. The smallest absolute Gasteiger partial charge is 0.469 e. The van der Waals surface area contributed by atoms with Crippen LogP contribution in [0.15, 0.2) is 0 Å². The van der Waals surface area contributed by atoms with Crippen molar-refractivity contribution >= 4 is 37.9 Å². The van der Waals surface area contributed by atoms with E-state index in [4.69, 9.17) is 35.3 Å². The van der Waals surface area contributed by atoms with Gasteiger partial charge in [-0.2, -0.15) is 11.8 Å². The molecule has 0 aromatic carbocycles.